The third-order valence-corrected chi connectivity index (χ3v) is 4.84. The number of hydrogen-bond acceptors (Lipinski definition) is 3. The van der Waals surface area contributed by atoms with Gasteiger partial charge >= 0.3 is 0 Å². The summed E-state index contributed by atoms with van der Waals surface area (Å²) in [5, 5.41) is 3.42. The number of rotatable bonds is 5. The number of nitrogens with zero attached hydrogens (tertiary/aromatic N) is 3. The Hall–Kier alpha value is -2.76. The molecule has 2 aromatic carbocycles. The number of anilines is 1. The number of nitrogens with one attached hydrogen (secondary N) is 1. The summed E-state index contributed by atoms with van der Waals surface area (Å²) in [7, 11) is 3.50. The fourth-order valence-electron chi connectivity index (χ4n) is 3.27. The number of halogens is 1. The summed E-state index contributed by atoms with van der Waals surface area (Å²) in [6, 6.07) is 14.9. The van der Waals surface area contributed by atoms with Gasteiger partial charge in [-0.05, 0) is 48.4 Å². The van der Waals surface area contributed by atoms with E-state index in [1.54, 1.807) is 7.11 Å². The molecule has 0 atom stereocenters. The molecule has 2 aromatic rings. The summed E-state index contributed by atoms with van der Waals surface area (Å²) in [4.78, 5) is 9.07. The summed E-state index contributed by atoms with van der Waals surface area (Å²) in [6.07, 6.45) is 0.838. The number of ether oxygens (including phenoxy) is 1. The molecule has 1 fully saturated rings. The maximum absolute atomic E-state index is 13.0. The predicted molar refractivity (Wildman–Crippen MR) is 108 cm³/mol. The zero-order valence-electron chi connectivity index (χ0n) is 16.0. The minimum Gasteiger partial charge on any atom is -0.497 e. The van der Waals surface area contributed by atoms with E-state index in [-0.39, 0.29) is 5.82 Å². The molecule has 0 spiro atoms. The lowest BCUT2D eigenvalue weighted by Gasteiger charge is -2.37. The van der Waals surface area contributed by atoms with Gasteiger partial charge in [0.25, 0.3) is 0 Å². The number of methoxy groups -OCH3 is 1. The lowest BCUT2D eigenvalue weighted by molar-refractivity contribution is 0.373. The molecule has 0 saturated carbocycles. The van der Waals surface area contributed by atoms with E-state index in [2.05, 4.69) is 32.2 Å². The van der Waals surface area contributed by atoms with Gasteiger partial charge in [0, 0.05) is 45.5 Å². The number of benzene rings is 2. The number of guanidine groups is 1. The van der Waals surface area contributed by atoms with Crippen molar-refractivity contribution >= 4 is 11.6 Å². The van der Waals surface area contributed by atoms with Crippen molar-refractivity contribution in [2.45, 2.75) is 6.42 Å². The number of aliphatic imine (C=N–C) groups is 1. The maximum atomic E-state index is 13.0. The van der Waals surface area contributed by atoms with Crippen LogP contribution in [0, 0.1) is 5.82 Å². The quantitative estimate of drug-likeness (QED) is 0.649. The van der Waals surface area contributed by atoms with Gasteiger partial charge in [-0.1, -0.05) is 12.1 Å². The van der Waals surface area contributed by atoms with Crippen LogP contribution in [-0.2, 0) is 6.42 Å². The Morgan fingerprint density at radius 2 is 1.70 bits per heavy atom. The highest BCUT2D eigenvalue weighted by Crippen LogP contribution is 2.20. The molecule has 0 aromatic heterocycles. The van der Waals surface area contributed by atoms with Crippen molar-refractivity contribution < 1.29 is 9.13 Å². The second kappa shape index (κ2) is 9.26. The first-order valence-corrected chi connectivity index (χ1v) is 9.28. The maximum Gasteiger partial charge on any atom is 0.193 e. The zero-order chi connectivity index (χ0) is 19.1. The standard InChI is InChI=1S/C21H27FN4O/c1-23-21(24-12-11-17-3-5-18(22)6-4-17)26-15-13-25(14-16-26)19-7-9-20(27-2)10-8-19/h3-10H,11-16H2,1-2H3,(H,23,24). The zero-order valence-corrected chi connectivity index (χ0v) is 16.0. The first-order valence-electron chi connectivity index (χ1n) is 9.28. The van der Waals surface area contributed by atoms with Crippen molar-refractivity contribution in [1.29, 1.82) is 0 Å². The molecular formula is C21H27FN4O. The van der Waals surface area contributed by atoms with Crippen LogP contribution in [0.3, 0.4) is 0 Å². The van der Waals surface area contributed by atoms with Gasteiger partial charge < -0.3 is 19.9 Å². The average molecular weight is 370 g/mol. The molecule has 27 heavy (non-hydrogen) atoms. The second-order valence-corrected chi connectivity index (χ2v) is 6.52. The van der Waals surface area contributed by atoms with Gasteiger partial charge in [-0.3, -0.25) is 4.99 Å². The van der Waals surface area contributed by atoms with Gasteiger partial charge in [-0.15, -0.1) is 0 Å². The van der Waals surface area contributed by atoms with Gasteiger partial charge in [-0.25, -0.2) is 4.39 Å². The molecule has 0 radical (unpaired) electrons. The Kier molecular flexibility index (Phi) is 6.52. The molecule has 1 aliphatic rings. The van der Waals surface area contributed by atoms with E-state index in [9.17, 15) is 4.39 Å². The summed E-state index contributed by atoms with van der Waals surface area (Å²) >= 11 is 0. The Balaban J connectivity index is 1.47. The van der Waals surface area contributed by atoms with Gasteiger partial charge in [-0.2, -0.15) is 0 Å². The lowest BCUT2D eigenvalue weighted by Crippen LogP contribution is -2.52. The van der Waals surface area contributed by atoms with Crippen LogP contribution in [0.5, 0.6) is 5.75 Å². The van der Waals surface area contributed by atoms with Crippen molar-refractivity contribution in [3.8, 4) is 5.75 Å². The molecule has 5 nitrogen and oxygen atoms in total. The molecular weight excluding hydrogens is 343 g/mol. The Morgan fingerprint density at radius 1 is 1.04 bits per heavy atom. The molecule has 1 N–H and O–H groups in total. The summed E-state index contributed by atoms with van der Waals surface area (Å²) < 4.78 is 18.2. The van der Waals surface area contributed by atoms with Gasteiger partial charge in [0.15, 0.2) is 5.96 Å². The largest absolute Gasteiger partial charge is 0.497 e. The minimum absolute atomic E-state index is 0.197. The van der Waals surface area contributed by atoms with Crippen molar-refractivity contribution in [1.82, 2.24) is 10.2 Å². The topological polar surface area (TPSA) is 40.1 Å². The van der Waals surface area contributed by atoms with Crippen LogP contribution in [-0.4, -0.2) is 57.7 Å². The molecule has 1 saturated heterocycles. The second-order valence-electron chi connectivity index (χ2n) is 6.52. The molecule has 0 bridgehead atoms. The van der Waals surface area contributed by atoms with Crippen molar-refractivity contribution in [3.63, 3.8) is 0 Å². The van der Waals surface area contributed by atoms with Crippen LogP contribution in [0.2, 0.25) is 0 Å². The fraction of sp³-hybridized carbons (Fsp3) is 0.381. The monoisotopic (exact) mass is 370 g/mol. The molecule has 6 heteroatoms. The van der Waals surface area contributed by atoms with E-state index in [1.807, 2.05) is 31.3 Å². The Labute approximate surface area is 160 Å². The molecule has 3 rings (SSSR count). The van der Waals surface area contributed by atoms with Crippen LogP contribution in [0.1, 0.15) is 5.56 Å². The first kappa shape index (κ1) is 19.0. The molecule has 0 unspecified atom stereocenters. The highest BCUT2D eigenvalue weighted by Gasteiger charge is 2.19. The summed E-state index contributed by atoms with van der Waals surface area (Å²) in [6.45, 7) is 4.51. The van der Waals surface area contributed by atoms with Gasteiger partial charge in [0.2, 0.25) is 0 Å². The smallest absolute Gasteiger partial charge is 0.193 e. The molecule has 0 amide bonds. The van der Waals surface area contributed by atoms with E-state index in [1.165, 1.54) is 17.8 Å². The molecule has 144 valence electrons. The van der Waals surface area contributed by atoms with Crippen molar-refractivity contribution in [2.75, 3.05) is 51.8 Å². The SMILES string of the molecule is CN=C(NCCc1ccc(F)cc1)N1CCN(c2ccc(OC)cc2)CC1. The van der Waals surface area contributed by atoms with Crippen LogP contribution in [0.25, 0.3) is 0 Å². The molecule has 1 heterocycles. The average Bonchev–Trinajstić information content (AvgIpc) is 2.73. The van der Waals surface area contributed by atoms with E-state index in [4.69, 9.17) is 4.74 Å². The van der Waals surface area contributed by atoms with E-state index >= 15 is 0 Å². The number of piperazine rings is 1. The van der Waals surface area contributed by atoms with Crippen LogP contribution < -0.4 is 15.0 Å². The van der Waals surface area contributed by atoms with Crippen molar-refractivity contribution in [2.24, 2.45) is 4.99 Å². The lowest BCUT2D eigenvalue weighted by atomic mass is 10.1. The van der Waals surface area contributed by atoms with E-state index < -0.39 is 0 Å². The van der Waals surface area contributed by atoms with Gasteiger partial charge in [0.1, 0.15) is 11.6 Å². The van der Waals surface area contributed by atoms with Crippen LogP contribution >= 0.6 is 0 Å². The van der Waals surface area contributed by atoms with Crippen LogP contribution in [0.15, 0.2) is 53.5 Å². The van der Waals surface area contributed by atoms with Crippen molar-refractivity contribution in [3.05, 3.63) is 59.9 Å². The van der Waals surface area contributed by atoms with Crippen LogP contribution in [0.4, 0.5) is 10.1 Å². The van der Waals surface area contributed by atoms with E-state index in [0.29, 0.717) is 0 Å². The van der Waals surface area contributed by atoms with E-state index in [0.717, 1.165) is 56.4 Å². The normalized spacial score (nSPS) is 15.0. The Morgan fingerprint density at radius 3 is 2.30 bits per heavy atom. The summed E-state index contributed by atoms with van der Waals surface area (Å²) in [5.74, 6) is 1.60. The highest BCUT2D eigenvalue weighted by atomic mass is 19.1. The third-order valence-electron chi connectivity index (χ3n) is 4.84. The number of hydrogen-bond donors (Lipinski definition) is 1. The fourth-order valence-corrected chi connectivity index (χ4v) is 3.27. The first-order chi connectivity index (χ1) is 13.2. The molecule has 0 aliphatic carbocycles. The third kappa shape index (κ3) is 5.12. The Bertz CT molecular complexity index is 738. The molecule has 1 aliphatic heterocycles. The highest BCUT2D eigenvalue weighted by molar-refractivity contribution is 5.80. The minimum atomic E-state index is -0.197. The van der Waals surface area contributed by atoms with Gasteiger partial charge in [0.05, 0.1) is 7.11 Å². The summed E-state index contributed by atoms with van der Waals surface area (Å²) in [5.41, 5.74) is 2.33. The predicted octanol–water partition coefficient (Wildman–Crippen LogP) is 2.77.